The second-order valence-corrected chi connectivity index (χ2v) is 13.4. The van der Waals surface area contributed by atoms with Crippen LogP contribution in [-0.4, -0.2) is 30.8 Å². The largest absolute Gasteiger partial charge is 0.493 e. The number of hydrogen-bond acceptors (Lipinski definition) is 3. The van der Waals surface area contributed by atoms with Crippen molar-refractivity contribution >= 4 is 30.7 Å². The fourth-order valence-electron chi connectivity index (χ4n) is 2.40. The Kier molecular flexibility index (Phi) is 6.63. The summed E-state index contributed by atoms with van der Waals surface area (Å²) in [5, 5.41) is 0.00271. The number of halogens is 4. The van der Waals surface area contributed by atoms with E-state index in [1.165, 1.54) is 10.6 Å². The highest BCUT2D eigenvalue weighted by molar-refractivity contribution is 6.76. The lowest BCUT2D eigenvalue weighted by atomic mass is 10.2. The van der Waals surface area contributed by atoms with Crippen LogP contribution in [-0.2, 0) is 17.6 Å². The van der Waals surface area contributed by atoms with Crippen molar-refractivity contribution in [2.75, 3.05) is 13.2 Å². The highest BCUT2D eigenvalue weighted by Gasteiger charge is 2.36. The zero-order valence-electron chi connectivity index (χ0n) is 15.4. The van der Waals surface area contributed by atoms with Crippen LogP contribution in [0, 0.1) is 0 Å². The number of aromatic nitrogens is 2. The molecule has 4 nitrogen and oxygen atoms in total. The summed E-state index contributed by atoms with van der Waals surface area (Å²) in [5.41, 5.74) is -0.680. The summed E-state index contributed by atoms with van der Waals surface area (Å²) in [6, 6.07) is 2.25. The number of ether oxygens (including phenoxy) is 2. The Morgan fingerprint density at radius 1 is 1.23 bits per heavy atom. The smallest absolute Gasteiger partial charge is 0.418 e. The number of pyridine rings is 1. The molecule has 0 N–H and O–H groups in total. The van der Waals surface area contributed by atoms with Gasteiger partial charge in [-0.05, 0) is 12.5 Å². The highest BCUT2D eigenvalue weighted by atomic mass is 35.5. The molecule has 0 aliphatic carbocycles. The van der Waals surface area contributed by atoms with E-state index in [9.17, 15) is 13.2 Å². The molecule has 0 saturated carbocycles. The molecule has 0 saturated heterocycles. The van der Waals surface area contributed by atoms with E-state index in [4.69, 9.17) is 21.1 Å². The van der Waals surface area contributed by atoms with Gasteiger partial charge in [-0.15, -0.1) is 0 Å². The van der Waals surface area contributed by atoms with Gasteiger partial charge in [-0.1, -0.05) is 38.2 Å². The van der Waals surface area contributed by atoms with E-state index in [0.717, 1.165) is 12.2 Å². The van der Waals surface area contributed by atoms with Crippen LogP contribution >= 0.6 is 11.6 Å². The third-order valence-electron chi connectivity index (χ3n) is 3.75. The number of rotatable bonds is 8. The first-order valence-corrected chi connectivity index (χ1v) is 12.6. The number of fused-ring (bicyclic) bond motifs is 1. The van der Waals surface area contributed by atoms with Crippen LogP contribution in [0.1, 0.15) is 18.9 Å². The van der Waals surface area contributed by atoms with E-state index in [1.807, 2.05) is 6.92 Å². The van der Waals surface area contributed by atoms with Gasteiger partial charge in [-0.2, -0.15) is 13.2 Å². The molecule has 9 heteroatoms. The first kappa shape index (κ1) is 21.1. The molecule has 0 spiro atoms. The van der Waals surface area contributed by atoms with Crippen molar-refractivity contribution in [3.05, 3.63) is 23.0 Å². The maximum absolute atomic E-state index is 13.5. The highest BCUT2D eigenvalue weighted by Crippen LogP contribution is 2.40. The molecule has 0 fully saturated rings. The minimum Gasteiger partial charge on any atom is -0.493 e. The van der Waals surface area contributed by atoms with Gasteiger partial charge in [0, 0.05) is 26.9 Å². The molecule has 0 bridgehead atoms. The molecule has 2 heterocycles. The Morgan fingerprint density at radius 3 is 2.50 bits per heavy atom. The molecule has 26 heavy (non-hydrogen) atoms. The summed E-state index contributed by atoms with van der Waals surface area (Å²) in [6.07, 6.45) is -2.84. The van der Waals surface area contributed by atoms with Crippen LogP contribution in [0.25, 0.3) is 11.0 Å². The van der Waals surface area contributed by atoms with E-state index < -0.39 is 19.8 Å². The van der Waals surface area contributed by atoms with Gasteiger partial charge >= 0.3 is 6.18 Å². The Hall–Kier alpha value is -1.25. The van der Waals surface area contributed by atoms with Crippen LogP contribution in [0.4, 0.5) is 13.2 Å². The third-order valence-corrected chi connectivity index (χ3v) is 5.65. The summed E-state index contributed by atoms with van der Waals surface area (Å²) >= 11 is 6.00. The van der Waals surface area contributed by atoms with Gasteiger partial charge in [0.05, 0.1) is 17.6 Å². The lowest BCUT2D eigenvalue weighted by Gasteiger charge is -2.15. The SMILES string of the molecule is CCCOc1cc(Cl)nc2c1c(C(F)(F)F)cn2COCC[Si](C)(C)C. The second-order valence-electron chi connectivity index (χ2n) is 7.35. The van der Waals surface area contributed by atoms with Crippen LogP contribution in [0.15, 0.2) is 12.3 Å². The quantitative estimate of drug-likeness (QED) is 0.314. The number of hydrogen-bond donors (Lipinski definition) is 0. The molecule has 0 unspecified atom stereocenters. The van der Waals surface area contributed by atoms with Crippen LogP contribution < -0.4 is 4.74 Å². The van der Waals surface area contributed by atoms with Gasteiger partial charge in [-0.25, -0.2) is 4.98 Å². The summed E-state index contributed by atoms with van der Waals surface area (Å²) in [4.78, 5) is 4.08. The van der Waals surface area contributed by atoms with Crippen LogP contribution in [0.2, 0.25) is 30.8 Å². The average Bonchev–Trinajstić information content (AvgIpc) is 2.87. The first-order valence-electron chi connectivity index (χ1n) is 8.50. The minimum absolute atomic E-state index is 0.0163. The monoisotopic (exact) mass is 408 g/mol. The van der Waals surface area contributed by atoms with Crippen molar-refractivity contribution in [2.45, 2.75) is 51.9 Å². The fraction of sp³-hybridized carbons (Fsp3) is 0.588. The predicted molar refractivity (Wildman–Crippen MR) is 99.6 cm³/mol. The first-order chi connectivity index (χ1) is 12.0. The minimum atomic E-state index is -4.53. The molecule has 0 aliphatic rings. The third kappa shape index (κ3) is 5.37. The number of alkyl halides is 3. The lowest BCUT2D eigenvalue weighted by Crippen LogP contribution is -2.22. The standard InChI is InChI=1S/C17H24ClF3N2O2Si/c1-5-6-25-13-9-14(18)22-16-15(13)12(17(19,20)21)10-23(16)11-24-7-8-26(2,3)4/h9-10H,5-8,11H2,1-4H3. The van der Waals surface area contributed by atoms with Gasteiger partial charge in [0.15, 0.2) is 0 Å². The Balaban J connectivity index is 2.39. The lowest BCUT2D eigenvalue weighted by molar-refractivity contribution is -0.136. The normalized spacial score (nSPS) is 12.8. The van der Waals surface area contributed by atoms with Crippen molar-refractivity contribution in [3.63, 3.8) is 0 Å². The van der Waals surface area contributed by atoms with E-state index in [2.05, 4.69) is 24.6 Å². The molecule has 0 aromatic carbocycles. The van der Waals surface area contributed by atoms with E-state index in [1.54, 1.807) is 0 Å². The van der Waals surface area contributed by atoms with Crippen molar-refractivity contribution in [2.24, 2.45) is 0 Å². The molecule has 0 amide bonds. The molecule has 2 rings (SSSR count). The summed E-state index contributed by atoms with van der Waals surface area (Å²) < 4.78 is 53.0. The molecular formula is C17H24ClF3N2O2Si. The molecule has 0 atom stereocenters. The van der Waals surface area contributed by atoms with Crippen molar-refractivity contribution in [1.29, 1.82) is 0 Å². The van der Waals surface area contributed by atoms with Crippen LogP contribution in [0.5, 0.6) is 5.75 Å². The van der Waals surface area contributed by atoms with Crippen LogP contribution in [0.3, 0.4) is 0 Å². The summed E-state index contributed by atoms with van der Waals surface area (Å²) in [5.74, 6) is 0.0926. The van der Waals surface area contributed by atoms with Crippen molar-refractivity contribution < 1.29 is 22.6 Å². The molecule has 0 aliphatic heterocycles. The van der Waals surface area contributed by atoms with E-state index >= 15 is 0 Å². The summed E-state index contributed by atoms with van der Waals surface area (Å²) in [6.45, 7) is 9.28. The van der Waals surface area contributed by atoms with Gasteiger partial charge in [-0.3, -0.25) is 0 Å². The van der Waals surface area contributed by atoms with E-state index in [-0.39, 0.29) is 28.7 Å². The van der Waals surface area contributed by atoms with Gasteiger partial charge < -0.3 is 14.0 Å². The Labute approximate surface area is 157 Å². The van der Waals surface area contributed by atoms with Crippen molar-refractivity contribution in [1.82, 2.24) is 9.55 Å². The maximum Gasteiger partial charge on any atom is 0.418 e. The predicted octanol–water partition coefficient (Wildman–Crippen LogP) is 5.81. The molecule has 0 radical (unpaired) electrons. The molecule has 146 valence electrons. The number of nitrogens with zero attached hydrogens (tertiary/aromatic N) is 2. The maximum atomic E-state index is 13.5. The zero-order valence-corrected chi connectivity index (χ0v) is 17.2. The molecule has 2 aromatic heterocycles. The fourth-order valence-corrected chi connectivity index (χ4v) is 3.34. The Bertz CT molecular complexity index is 757. The summed E-state index contributed by atoms with van der Waals surface area (Å²) in [7, 11) is -1.28. The van der Waals surface area contributed by atoms with Gasteiger partial charge in [0.1, 0.15) is 23.3 Å². The Morgan fingerprint density at radius 2 is 1.92 bits per heavy atom. The second kappa shape index (κ2) is 8.18. The molecular weight excluding hydrogens is 385 g/mol. The van der Waals surface area contributed by atoms with Gasteiger partial charge in [0.2, 0.25) is 0 Å². The average molecular weight is 409 g/mol. The topological polar surface area (TPSA) is 36.3 Å². The molecule has 2 aromatic rings. The van der Waals surface area contributed by atoms with Crippen molar-refractivity contribution in [3.8, 4) is 5.75 Å². The van der Waals surface area contributed by atoms with Gasteiger partial charge in [0.25, 0.3) is 0 Å². The zero-order chi connectivity index (χ0) is 19.5. The van der Waals surface area contributed by atoms with E-state index in [0.29, 0.717) is 19.6 Å².